The molecule has 0 radical (unpaired) electrons. The van der Waals surface area contributed by atoms with Gasteiger partial charge in [0.15, 0.2) is 0 Å². The van der Waals surface area contributed by atoms with E-state index in [2.05, 4.69) is 340 Å². The summed E-state index contributed by atoms with van der Waals surface area (Å²) < 4.78 is 7.93. The highest BCUT2D eigenvalue weighted by Gasteiger charge is 2.50. The molecule has 0 unspecified atom stereocenters. The summed E-state index contributed by atoms with van der Waals surface area (Å²) in [5.41, 5.74) is 31.3. The average Bonchev–Trinajstić information content (AvgIpc) is 0.928. The van der Waals surface area contributed by atoms with E-state index < -0.39 is 5.41 Å². The largest absolute Gasteiger partial charge is 0.458 e. The Morgan fingerprint density at radius 2 is 0.677 bits per heavy atom. The van der Waals surface area contributed by atoms with Crippen molar-refractivity contribution in [3.05, 3.63) is 320 Å². The van der Waals surface area contributed by atoms with Crippen LogP contribution in [-0.2, 0) is 10.8 Å². The summed E-state index contributed by atoms with van der Waals surface area (Å²) in [6.45, 7) is 9.22. The lowest BCUT2D eigenvalue weighted by Crippen LogP contribution is -2.64. The lowest BCUT2D eigenvalue weighted by Gasteiger charge is -2.46. The van der Waals surface area contributed by atoms with Crippen LogP contribution in [0.15, 0.2) is 297 Å². The normalized spacial score (nSPS) is 14.8. The molecule has 0 atom stereocenters. The molecule has 8 bridgehead atoms. The minimum absolute atomic E-state index is 0.181. The molecule has 0 spiro atoms. The molecule has 23 rings (SSSR count). The van der Waals surface area contributed by atoms with Gasteiger partial charge >= 0.3 is 0 Å². The maximum Gasteiger partial charge on any atom is 0.256 e. The second-order valence-electron chi connectivity index (χ2n) is 28.2. The molecular formula is C90H61B2N3O. The summed E-state index contributed by atoms with van der Waals surface area (Å²) in [6.07, 6.45) is 0. The van der Waals surface area contributed by atoms with Crippen molar-refractivity contribution >= 4 is 130 Å². The number of benzene rings is 15. The van der Waals surface area contributed by atoms with Gasteiger partial charge in [0, 0.05) is 79.0 Å². The smallest absolute Gasteiger partial charge is 0.256 e. The van der Waals surface area contributed by atoms with Gasteiger partial charge in [-0.25, -0.2) is 0 Å². The second kappa shape index (κ2) is 19.5. The summed E-state index contributed by atoms with van der Waals surface area (Å²) in [5.74, 6) is 1.76. The summed E-state index contributed by atoms with van der Waals surface area (Å²) in [6, 6.07) is 113. The number of nitrogens with zero attached hydrogens (tertiary/aromatic N) is 3. The van der Waals surface area contributed by atoms with E-state index in [1.165, 1.54) is 149 Å². The Morgan fingerprint density at radius 3 is 1.20 bits per heavy atom. The van der Waals surface area contributed by atoms with Gasteiger partial charge in [-0.3, -0.25) is 0 Å². The molecule has 96 heavy (non-hydrogen) atoms. The van der Waals surface area contributed by atoms with E-state index in [1.54, 1.807) is 0 Å². The first-order valence-corrected chi connectivity index (χ1v) is 33.9. The van der Waals surface area contributed by atoms with Gasteiger partial charge in [-0.2, -0.15) is 0 Å². The zero-order valence-electron chi connectivity index (χ0n) is 53.7. The third-order valence-corrected chi connectivity index (χ3v) is 22.7. The van der Waals surface area contributed by atoms with Gasteiger partial charge in [0.25, 0.3) is 13.4 Å². The maximum absolute atomic E-state index is 7.93. The molecule has 6 heteroatoms. The Hall–Kier alpha value is -11.6. The lowest BCUT2D eigenvalue weighted by atomic mass is 9.30. The van der Waals surface area contributed by atoms with Crippen LogP contribution < -0.4 is 52.2 Å². The molecule has 0 aliphatic carbocycles. The van der Waals surface area contributed by atoms with Crippen LogP contribution in [-0.4, -0.2) is 13.4 Å². The number of hydrogen-bond donors (Lipinski definition) is 0. The fourth-order valence-corrected chi connectivity index (χ4v) is 17.9. The molecule has 4 nitrogen and oxygen atoms in total. The highest BCUT2D eigenvalue weighted by molar-refractivity contribution is 7.02. The Bertz CT molecular complexity index is 5860. The Labute approximate surface area is 559 Å². The lowest BCUT2D eigenvalue weighted by molar-refractivity contribution is 0.485. The number of anilines is 9. The van der Waals surface area contributed by atoms with Crippen LogP contribution in [0.4, 0.5) is 51.2 Å². The van der Waals surface area contributed by atoms with Crippen molar-refractivity contribution in [1.29, 1.82) is 0 Å². The van der Waals surface area contributed by atoms with E-state index in [1.807, 2.05) is 0 Å². The fraction of sp³-hybridized carbons (Fsp3) is 0.0667. The molecule has 0 saturated heterocycles. The van der Waals surface area contributed by atoms with E-state index >= 15 is 0 Å². The van der Waals surface area contributed by atoms with Crippen molar-refractivity contribution in [3.8, 4) is 56.0 Å². The van der Waals surface area contributed by atoms with Crippen LogP contribution >= 0.6 is 0 Å². The summed E-state index contributed by atoms with van der Waals surface area (Å²) in [5, 5.41) is 7.47. The average molecular weight is 1220 g/mol. The number of fused-ring (bicyclic) bond motifs is 18. The number of rotatable bonds is 3. The van der Waals surface area contributed by atoms with Crippen LogP contribution in [0, 0.1) is 0 Å². The van der Waals surface area contributed by atoms with Gasteiger partial charge in [0.1, 0.15) is 11.5 Å². The quantitative estimate of drug-likeness (QED) is 0.130. The third-order valence-electron chi connectivity index (χ3n) is 22.7. The molecule has 15 aromatic carbocycles. The molecule has 0 aromatic heterocycles. The van der Waals surface area contributed by atoms with Gasteiger partial charge < -0.3 is 19.4 Å². The van der Waals surface area contributed by atoms with E-state index in [9.17, 15) is 0 Å². The molecule has 8 aliphatic rings. The zero-order chi connectivity index (χ0) is 63.4. The van der Waals surface area contributed by atoms with Crippen LogP contribution in [0.25, 0.3) is 76.8 Å². The molecular weight excluding hydrogens is 1160 g/mol. The predicted molar refractivity (Wildman–Crippen MR) is 405 cm³/mol. The topological polar surface area (TPSA) is 19.0 Å². The van der Waals surface area contributed by atoms with Crippen molar-refractivity contribution in [2.45, 2.75) is 38.5 Å². The van der Waals surface area contributed by atoms with Crippen molar-refractivity contribution in [1.82, 2.24) is 0 Å². The van der Waals surface area contributed by atoms with Crippen LogP contribution in [0.3, 0.4) is 0 Å². The van der Waals surface area contributed by atoms with Gasteiger partial charge in [0.2, 0.25) is 0 Å². The minimum Gasteiger partial charge on any atom is -0.458 e. The van der Waals surface area contributed by atoms with E-state index in [-0.39, 0.29) is 18.8 Å². The van der Waals surface area contributed by atoms with Crippen molar-refractivity contribution in [2.24, 2.45) is 0 Å². The first-order chi connectivity index (χ1) is 47.1. The van der Waals surface area contributed by atoms with Crippen molar-refractivity contribution in [3.63, 3.8) is 0 Å². The highest BCUT2D eigenvalue weighted by atomic mass is 16.5. The number of para-hydroxylation sites is 4. The minimum atomic E-state index is -0.413. The Kier molecular flexibility index (Phi) is 10.9. The van der Waals surface area contributed by atoms with Crippen LogP contribution in [0.2, 0.25) is 0 Å². The third kappa shape index (κ3) is 7.31. The predicted octanol–water partition coefficient (Wildman–Crippen LogP) is 19.6. The second-order valence-corrected chi connectivity index (χ2v) is 28.2. The van der Waals surface area contributed by atoms with Crippen LogP contribution in [0.5, 0.6) is 11.5 Å². The zero-order valence-corrected chi connectivity index (χ0v) is 53.7. The number of ether oxygens (including phenoxy) is 1. The van der Waals surface area contributed by atoms with E-state index in [0.717, 1.165) is 45.4 Å². The summed E-state index contributed by atoms with van der Waals surface area (Å²) in [7, 11) is 0. The molecule has 0 amide bonds. The van der Waals surface area contributed by atoms with Crippen molar-refractivity contribution in [2.75, 3.05) is 14.7 Å². The van der Waals surface area contributed by atoms with Crippen LogP contribution in [0.1, 0.15) is 49.9 Å². The SMILES string of the molecule is CC1(C)c2ccc(cc2)-c2cccc(-c3ccccc3)c2N2c3ccccc3B3c4cc5c(cc4Oc4cc1cc2c43)N(c1ccc2c3ccccc3c3ccccc3c2c1)c1cc2cc3c1B5c1ccccc1N3c1c(-c3ccccc3)cccc1-c1ccc(cc1)C2(C)C. The molecule has 448 valence electrons. The van der Waals surface area contributed by atoms with Gasteiger partial charge in [0.05, 0.1) is 11.4 Å². The van der Waals surface area contributed by atoms with Crippen molar-refractivity contribution < 1.29 is 4.74 Å². The molecule has 0 saturated carbocycles. The first-order valence-electron chi connectivity index (χ1n) is 33.9. The van der Waals surface area contributed by atoms with Gasteiger partial charge in [-0.05, 0) is 158 Å². The number of hydrogen-bond acceptors (Lipinski definition) is 4. The molecule has 0 fully saturated rings. The Morgan fingerprint density at radius 1 is 0.260 bits per heavy atom. The summed E-state index contributed by atoms with van der Waals surface area (Å²) in [4.78, 5) is 7.89. The fourth-order valence-electron chi connectivity index (χ4n) is 17.9. The maximum atomic E-state index is 7.93. The van der Waals surface area contributed by atoms with Gasteiger partial charge in [-0.15, -0.1) is 0 Å². The first kappa shape index (κ1) is 53.9. The molecule has 0 N–H and O–H groups in total. The van der Waals surface area contributed by atoms with E-state index in [0.29, 0.717) is 0 Å². The molecule has 8 heterocycles. The highest BCUT2D eigenvalue weighted by Crippen LogP contribution is 2.56. The summed E-state index contributed by atoms with van der Waals surface area (Å²) >= 11 is 0. The van der Waals surface area contributed by atoms with E-state index in [4.69, 9.17) is 4.74 Å². The molecule has 8 aliphatic heterocycles. The monoisotopic (exact) mass is 1220 g/mol. The molecule has 15 aromatic rings. The standard InChI is InChI=1S/C90H61B2N3O/c1-89(2)58-41-37-56(38-42-58)65-31-19-29-63(54-21-7-5-8-22-54)87(65)94-77-35-17-15-33-73(77)91-75-52-76-83(53-79(75)93(80-47-60(89)48-81(94)85(80)91)62-45-46-71-69-27-12-11-25-67(69)68-26-13-14-28-70(68)72(71)51-62)96-84-50-61-49-82-86(84)92(76)74-34-16-18-36-78(74)95(82)88-64(55-23-9-6-10-24-55)30-20-32-66(88)57-39-43-59(44-40-57)90(61,3)4/h5-53H,1-4H3. The Balaban J connectivity index is 0.881. The van der Waals surface area contributed by atoms with Gasteiger partial charge in [-0.1, -0.05) is 270 Å².